The molecule has 1 N–H and O–H groups in total. The van der Waals surface area contributed by atoms with Gasteiger partial charge in [-0.3, -0.25) is 5.43 Å². The fourth-order valence-corrected chi connectivity index (χ4v) is 2.44. The molecule has 7 heteroatoms. The molecule has 0 saturated heterocycles. The van der Waals surface area contributed by atoms with Crippen LogP contribution in [0.25, 0.3) is 11.1 Å². The van der Waals surface area contributed by atoms with Gasteiger partial charge in [0.2, 0.25) is 0 Å². The van der Waals surface area contributed by atoms with Crippen LogP contribution in [-0.2, 0) is 6.18 Å². The van der Waals surface area contributed by atoms with E-state index in [2.05, 4.69) is 15.5 Å². The zero-order chi connectivity index (χ0) is 18.6. The average molecular weight is 376 g/mol. The number of nitrogens with one attached hydrogen (secondary N) is 1. The molecule has 3 rings (SSSR count). The minimum atomic E-state index is -4.49. The van der Waals surface area contributed by atoms with Crippen molar-refractivity contribution in [2.45, 2.75) is 6.18 Å². The van der Waals surface area contributed by atoms with Crippen LogP contribution in [0.2, 0.25) is 5.02 Å². The minimum absolute atomic E-state index is 0.0526. The molecule has 3 aromatic rings. The molecule has 26 heavy (non-hydrogen) atoms. The third-order valence-corrected chi connectivity index (χ3v) is 3.86. The molecule has 0 spiro atoms. The summed E-state index contributed by atoms with van der Waals surface area (Å²) >= 11 is 5.81. The Hall–Kier alpha value is -2.86. The van der Waals surface area contributed by atoms with Gasteiger partial charge in [-0.05, 0) is 22.8 Å². The van der Waals surface area contributed by atoms with Crippen LogP contribution in [0.4, 0.5) is 19.0 Å². The SMILES string of the molecule is FC(F)(F)c1cnc(N/N=C\c2ccc(-c3ccccc3)cc2)c(Cl)c1. The van der Waals surface area contributed by atoms with E-state index in [4.69, 9.17) is 11.6 Å². The fourth-order valence-electron chi connectivity index (χ4n) is 2.24. The van der Waals surface area contributed by atoms with Gasteiger partial charge in [-0.2, -0.15) is 18.3 Å². The topological polar surface area (TPSA) is 37.3 Å². The lowest BCUT2D eigenvalue weighted by atomic mass is 10.0. The van der Waals surface area contributed by atoms with Gasteiger partial charge >= 0.3 is 6.18 Å². The molecule has 0 atom stereocenters. The number of anilines is 1. The molecule has 2 aromatic carbocycles. The summed E-state index contributed by atoms with van der Waals surface area (Å²) in [6.07, 6.45) is -2.25. The van der Waals surface area contributed by atoms with Gasteiger partial charge in [-0.1, -0.05) is 66.2 Å². The smallest absolute Gasteiger partial charge is 0.260 e. The zero-order valence-corrected chi connectivity index (χ0v) is 14.1. The second kappa shape index (κ2) is 7.58. The highest BCUT2D eigenvalue weighted by Gasteiger charge is 2.31. The van der Waals surface area contributed by atoms with Crippen LogP contribution in [0.1, 0.15) is 11.1 Å². The molecular formula is C19H13ClF3N3. The van der Waals surface area contributed by atoms with Crippen molar-refractivity contribution in [1.29, 1.82) is 0 Å². The second-order valence-electron chi connectivity index (χ2n) is 5.41. The number of hydrazone groups is 1. The van der Waals surface area contributed by atoms with Gasteiger partial charge in [0, 0.05) is 6.20 Å². The summed E-state index contributed by atoms with van der Waals surface area (Å²) < 4.78 is 37.7. The maximum absolute atomic E-state index is 12.6. The maximum atomic E-state index is 12.6. The molecule has 0 bridgehead atoms. The van der Waals surface area contributed by atoms with Gasteiger partial charge in [0.1, 0.15) is 0 Å². The van der Waals surface area contributed by atoms with E-state index in [9.17, 15) is 13.2 Å². The summed E-state index contributed by atoms with van der Waals surface area (Å²) in [6.45, 7) is 0. The lowest BCUT2D eigenvalue weighted by molar-refractivity contribution is -0.137. The Morgan fingerprint density at radius 2 is 1.62 bits per heavy atom. The first-order chi connectivity index (χ1) is 12.4. The van der Waals surface area contributed by atoms with E-state index in [1.165, 1.54) is 6.21 Å². The molecule has 0 aliphatic carbocycles. The standard InChI is InChI=1S/C19H13ClF3N3/c20-17-10-16(19(21,22)23)12-24-18(17)26-25-11-13-6-8-15(9-7-13)14-4-2-1-3-5-14/h1-12H,(H,24,26)/b25-11-. The first-order valence-electron chi connectivity index (χ1n) is 7.61. The number of benzene rings is 2. The molecule has 0 aliphatic heterocycles. The highest BCUT2D eigenvalue weighted by molar-refractivity contribution is 6.32. The van der Waals surface area contributed by atoms with Crippen molar-refractivity contribution >= 4 is 23.6 Å². The summed E-state index contributed by atoms with van der Waals surface area (Å²) in [6, 6.07) is 18.4. The minimum Gasteiger partial charge on any atom is -0.260 e. The van der Waals surface area contributed by atoms with Crippen LogP contribution in [-0.4, -0.2) is 11.2 Å². The number of alkyl halides is 3. The van der Waals surface area contributed by atoms with Crippen molar-refractivity contribution in [2.75, 3.05) is 5.43 Å². The van der Waals surface area contributed by atoms with E-state index in [0.29, 0.717) is 6.20 Å². The van der Waals surface area contributed by atoms with Crippen molar-refractivity contribution in [3.05, 3.63) is 83.0 Å². The van der Waals surface area contributed by atoms with Crippen molar-refractivity contribution < 1.29 is 13.2 Å². The highest BCUT2D eigenvalue weighted by Crippen LogP contribution is 2.32. The van der Waals surface area contributed by atoms with Gasteiger partial charge < -0.3 is 0 Å². The van der Waals surface area contributed by atoms with Crippen LogP contribution in [0, 0.1) is 0 Å². The third-order valence-electron chi connectivity index (χ3n) is 3.57. The first-order valence-corrected chi connectivity index (χ1v) is 7.98. The summed E-state index contributed by atoms with van der Waals surface area (Å²) in [7, 11) is 0. The van der Waals surface area contributed by atoms with E-state index < -0.39 is 11.7 Å². The molecule has 0 aliphatic rings. The van der Waals surface area contributed by atoms with Gasteiger partial charge in [0.25, 0.3) is 0 Å². The lowest BCUT2D eigenvalue weighted by Gasteiger charge is -2.08. The second-order valence-corrected chi connectivity index (χ2v) is 5.82. The molecule has 0 unspecified atom stereocenters. The Morgan fingerprint density at radius 3 is 2.23 bits per heavy atom. The number of nitrogens with zero attached hydrogens (tertiary/aromatic N) is 2. The Labute approximate surface area is 153 Å². The largest absolute Gasteiger partial charge is 0.417 e. The molecular weight excluding hydrogens is 363 g/mol. The van der Waals surface area contributed by atoms with E-state index in [1.807, 2.05) is 54.6 Å². The highest BCUT2D eigenvalue weighted by atomic mass is 35.5. The lowest BCUT2D eigenvalue weighted by Crippen LogP contribution is -2.06. The average Bonchev–Trinajstić information content (AvgIpc) is 2.63. The van der Waals surface area contributed by atoms with Crippen LogP contribution >= 0.6 is 11.6 Å². The number of pyridine rings is 1. The van der Waals surface area contributed by atoms with Crippen molar-refractivity contribution in [3.63, 3.8) is 0 Å². The van der Waals surface area contributed by atoms with Crippen molar-refractivity contribution in [3.8, 4) is 11.1 Å². The van der Waals surface area contributed by atoms with Gasteiger partial charge in [0.15, 0.2) is 5.82 Å². The van der Waals surface area contributed by atoms with Crippen molar-refractivity contribution in [1.82, 2.24) is 4.98 Å². The van der Waals surface area contributed by atoms with E-state index in [-0.39, 0.29) is 10.8 Å². The van der Waals surface area contributed by atoms with Gasteiger partial charge in [-0.25, -0.2) is 4.98 Å². The quantitative estimate of drug-likeness (QED) is 0.457. The molecule has 1 aromatic heterocycles. The first kappa shape index (κ1) is 17.9. The Bertz CT molecular complexity index is 908. The summed E-state index contributed by atoms with van der Waals surface area (Å²) in [4.78, 5) is 3.65. The number of rotatable bonds is 4. The van der Waals surface area contributed by atoms with Crippen LogP contribution < -0.4 is 5.43 Å². The molecule has 0 saturated carbocycles. The monoisotopic (exact) mass is 375 g/mol. The van der Waals surface area contributed by atoms with E-state index in [1.54, 1.807) is 0 Å². The zero-order valence-electron chi connectivity index (χ0n) is 13.3. The number of aromatic nitrogens is 1. The number of hydrogen-bond donors (Lipinski definition) is 1. The predicted molar refractivity (Wildman–Crippen MR) is 97.3 cm³/mol. The summed E-state index contributed by atoms with van der Waals surface area (Å²) in [5.74, 6) is 0.0526. The van der Waals surface area contributed by atoms with Gasteiger partial charge in [-0.15, -0.1) is 0 Å². The maximum Gasteiger partial charge on any atom is 0.417 e. The molecule has 0 fully saturated rings. The number of hydrogen-bond acceptors (Lipinski definition) is 3. The van der Waals surface area contributed by atoms with Crippen molar-refractivity contribution in [2.24, 2.45) is 5.10 Å². The molecule has 1 heterocycles. The molecule has 132 valence electrons. The summed E-state index contributed by atoms with van der Waals surface area (Å²) in [5, 5.41) is 3.81. The predicted octanol–water partition coefficient (Wildman–Crippen LogP) is 5.87. The van der Waals surface area contributed by atoms with Crippen LogP contribution in [0.3, 0.4) is 0 Å². The fraction of sp³-hybridized carbons (Fsp3) is 0.0526. The van der Waals surface area contributed by atoms with Crippen LogP contribution in [0.15, 0.2) is 72.0 Å². The summed E-state index contributed by atoms with van der Waals surface area (Å²) in [5.41, 5.74) is 4.64. The normalized spacial score (nSPS) is 11.7. The Morgan fingerprint density at radius 1 is 0.962 bits per heavy atom. The Balaban J connectivity index is 1.67. The third kappa shape index (κ3) is 4.40. The molecule has 0 amide bonds. The van der Waals surface area contributed by atoms with Crippen LogP contribution in [0.5, 0.6) is 0 Å². The molecule has 0 radical (unpaired) electrons. The van der Waals surface area contributed by atoms with Gasteiger partial charge in [0.05, 0.1) is 16.8 Å². The van der Waals surface area contributed by atoms with E-state index in [0.717, 1.165) is 22.8 Å². The van der Waals surface area contributed by atoms with E-state index >= 15 is 0 Å². The molecule has 3 nitrogen and oxygen atoms in total. The Kier molecular flexibility index (Phi) is 5.23. The number of halogens is 4.